The van der Waals surface area contributed by atoms with Crippen LogP contribution in [-0.2, 0) is 17.3 Å². The third kappa shape index (κ3) is 4.25. The number of carboxylic acids is 1. The lowest BCUT2D eigenvalue weighted by molar-refractivity contribution is -0.137. The van der Waals surface area contributed by atoms with Crippen LogP contribution in [0, 0.1) is 0 Å². The highest BCUT2D eigenvalue weighted by molar-refractivity contribution is 5.93. The molecule has 128 valence electrons. The maximum absolute atomic E-state index is 12.4. The van der Waals surface area contributed by atoms with Crippen LogP contribution in [0.2, 0.25) is 0 Å². The molecule has 1 heterocycles. The fourth-order valence-electron chi connectivity index (χ4n) is 2.57. The number of hydrogen-bond donors (Lipinski definition) is 2. The first-order valence-corrected chi connectivity index (χ1v) is 7.93. The van der Waals surface area contributed by atoms with E-state index >= 15 is 0 Å². The molecule has 2 N–H and O–H groups in total. The lowest BCUT2D eigenvalue weighted by atomic mass is 9.86. The standard InChI is InChI=1S/C19H24N2O3/c1-19(2,3)14-9-7-13(8-10-14)15(12-17(22)23)20-18(24)16-6-5-11-21(16)4/h5-11,15H,12H2,1-4H3,(H,20,24)(H,22,23). The number of carboxylic acid groups (broad SMARTS) is 1. The molecule has 5 heteroatoms. The van der Waals surface area contributed by atoms with Gasteiger partial charge in [0.25, 0.3) is 5.91 Å². The zero-order chi connectivity index (χ0) is 17.9. The third-order valence-corrected chi connectivity index (χ3v) is 4.04. The number of amides is 1. The largest absolute Gasteiger partial charge is 0.481 e. The minimum Gasteiger partial charge on any atom is -0.481 e. The van der Waals surface area contributed by atoms with Crippen LogP contribution >= 0.6 is 0 Å². The van der Waals surface area contributed by atoms with Gasteiger partial charge >= 0.3 is 5.97 Å². The van der Waals surface area contributed by atoms with Crippen LogP contribution in [0.1, 0.15) is 54.8 Å². The average molecular weight is 328 g/mol. The molecule has 0 spiro atoms. The summed E-state index contributed by atoms with van der Waals surface area (Å²) in [6.45, 7) is 6.36. The van der Waals surface area contributed by atoms with Gasteiger partial charge in [-0.15, -0.1) is 0 Å². The highest BCUT2D eigenvalue weighted by Crippen LogP contribution is 2.25. The zero-order valence-corrected chi connectivity index (χ0v) is 14.5. The molecule has 24 heavy (non-hydrogen) atoms. The first kappa shape index (κ1) is 17.8. The van der Waals surface area contributed by atoms with Crippen LogP contribution in [0.3, 0.4) is 0 Å². The minimum absolute atomic E-state index is 0.0209. The van der Waals surface area contributed by atoms with E-state index in [0.717, 1.165) is 11.1 Å². The van der Waals surface area contributed by atoms with Crippen molar-refractivity contribution in [2.45, 2.75) is 38.6 Å². The molecule has 1 amide bonds. The van der Waals surface area contributed by atoms with Gasteiger partial charge in [0.05, 0.1) is 12.5 Å². The lowest BCUT2D eigenvalue weighted by Gasteiger charge is -2.22. The molecule has 0 saturated heterocycles. The van der Waals surface area contributed by atoms with Crippen LogP contribution in [0.15, 0.2) is 42.6 Å². The maximum atomic E-state index is 12.4. The average Bonchev–Trinajstić information content (AvgIpc) is 2.91. The smallest absolute Gasteiger partial charge is 0.305 e. The zero-order valence-electron chi connectivity index (χ0n) is 14.5. The summed E-state index contributed by atoms with van der Waals surface area (Å²) in [5.41, 5.74) is 2.46. The normalized spacial score (nSPS) is 12.7. The van der Waals surface area contributed by atoms with Crippen LogP contribution < -0.4 is 5.32 Å². The van der Waals surface area contributed by atoms with Crippen LogP contribution in [-0.4, -0.2) is 21.6 Å². The van der Waals surface area contributed by atoms with Crippen molar-refractivity contribution >= 4 is 11.9 Å². The predicted molar refractivity (Wildman–Crippen MR) is 93.0 cm³/mol. The van der Waals surface area contributed by atoms with E-state index in [1.54, 1.807) is 29.9 Å². The molecule has 1 aromatic heterocycles. The Kier molecular flexibility index (Phi) is 5.12. The molecule has 0 aliphatic heterocycles. The highest BCUT2D eigenvalue weighted by Gasteiger charge is 2.21. The third-order valence-electron chi connectivity index (χ3n) is 4.04. The Hall–Kier alpha value is -2.56. The monoisotopic (exact) mass is 328 g/mol. The van der Waals surface area contributed by atoms with Crippen molar-refractivity contribution in [3.8, 4) is 0 Å². The van der Waals surface area contributed by atoms with Gasteiger partial charge in [0.1, 0.15) is 5.69 Å². The molecule has 0 fully saturated rings. The topological polar surface area (TPSA) is 71.3 Å². The Morgan fingerprint density at radius 2 is 1.79 bits per heavy atom. The SMILES string of the molecule is Cn1cccc1C(=O)NC(CC(=O)O)c1ccc(C(C)(C)C)cc1. The second-order valence-electron chi connectivity index (χ2n) is 7.00. The Morgan fingerprint density at radius 3 is 2.25 bits per heavy atom. The molecule has 5 nitrogen and oxygen atoms in total. The summed E-state index contributed by atoms with van der Waals surface area (Å²) in [4.78, 5) is 23.6. The molecular formula is C19H24N2O3. The first-order chi connectivity index (χ1) is 11.2. The molecule has 2 rings (SSSR count). The minimum atomic E-state index is -0.952. The number of nitrogens with zero attached hydrogens (tertiary/aromatic N) is 1. The summed E-state index contributed by atoms with van der Waals surface area (Å²) in [6.07, 6.45) is 1.62. The van der Waals surface area contributed by atoms with E-state index in [-0.39, 0.29) is 17.7 Å². The molecule has 0 radical (unpaired) electrons. The van der Waals surface area contributed by atoms with Crippen LogP contribution in [0.25, 0.3) is 0 Å². The summed E-state index contributed by atoms with van der Waals surface area (Å²) in [6, 6.07) is 10.7. The van der Waals surface area contributed by atoms with Gasteiger partial charge in [-0.2, -0.15) is 0 Å². The summed E-state index contributed by atoms with van der Waals surface area (Å²) < 4.78 is 1.70. The van der Waals surface area contributed by atoms with E-state index in [2.05, 4.69) is 26.1 Å². The fourth-order valence-corrected chi connectivity index (χ4v) is 2.57. The Labute approximate surface area is 142 Å². The van der Waals surface area contributed by atoms with Crippen molar-refractivity contribution in [3.63, 3.8) is 0 Å². The van der Waals surface area contributed by atoms with E-state index in [1.807, 2.05) is 24.3 Å². The van der Waals surface area contributed by atoms with Gasteiger partial charge in [-0.1, -0.05) is 45.0 Å². The van der Waals surface area contributed by atoms with Crippen molar-refractivity contribution in [1.29, 1.82) is 0 Å². The molecule has 0 aliphatic carbocycles. The fraction of sp³-hybridized carbons (Fsp3) is 0.368. The van der Waals surface area contributed by atoms with Gasteiger partial charge < -0.3 is 15.0 Å². The number of nitrogens with one attached hydrogen (secondary N) is 1. The second kappa shape index (κ2) is 6.91. The Bertz CT molecular complexity index is 724. The molecule has 1 aromatic carbocycles. The molecule has 0 bridgehead atoms. The number of benzene rings is 1. The molecule has 1 atom stereocenters. The number of carbonyl (C=O) groups is 2. The van der Waals surface area contributed by atoms with E-state index < -0.39 is 12.0 Å². The van der Waals surface area contributed by atoms with Gasteiger partial charge in [-0.3, -0.25) is 9.59 Å². The number of aromatic nitrogens is 1. The van der Waals surface area contributed by atoms with Crippen LogP contribution in [0.4, 0.5) is 0 Å². The van der Waals surface area contributed by atoms with Gasteiger partial charge in [0.15, 0.2) is 0 Å². The summed E-state index contributed by atoms with van der Waals surface area (Å²) in [5, 5.41) is 12.0. The van der Waals surface area contributed by atoms with E-state index in [1.165, 1.54) is 0 Å². The number of aliphatic carboxylic acids is 1. The molecule has 0 saturated carbocycles. The molecular weight excluding hydrogens is 304 g/mol. The van der Waals surface area contributed by atoms with E-state index in [4.69, 9.17) is 0 Å². The van der Waals surface area contributed by atoms with Crippen molar-refractivity contribution < 1.29 is 14.7 Å². The molecule has 0 aliphatic rings. The predicted octanol–water partition coefficient (Wildman–Crippen LogP) is 3.27. The number of carbonyl (C=O) groups excluding carboxylic acids is 1. The van der Waals surface area contributed by atoms with Gasteiger partial charge in [0, 0.05) is 13.2 Å². The molecule has 1 unspecified atom stereocenters. The number of aryl methyl sites for hydroxylation is 1. The number of hydrogen-bond acceptors (Lipinski definition) is 2. The second-order valence-corrected chi connectivity index (χ2v) is 7.00. The van der Waals surface area contributed by atoms with Crippen molar-refractivity contribution in [3.05, 3.63) is 59.4 Å². The van der Waals surface area contributed by atoms with Gasteiger partial charge in [-0.25, -0.2) is 0 Å². The number of rotatable bonds is 5. The van der Waals surface area contributed by atoms with E-state index in [9.17, 15) is 14.7 Å². The van der Waals surface area contributed by atoms with Crippen molar-refractivity contribution in [2.24, 2.45) is 7.05 Å². The first-order valence-electron chi connectivity index (χ1n) is 7.93. The Morgan fingerprint density at radius 1 is 1.17 bits per heavy atom. The Balaban J connectivity index is 2.23. The molecule has 2 aromatic rings. The van der Waals surface area contributed by atoms with Crippen molar-refractivity contribution in [2.75, 3.05) is 0 Å². The van der Waals surface area contributed by atoms with Crippen LogP contribution in [0.5, 0.6) is 0 Å². The van der Waals surface area contributed by atoms with Gasteiger partial charge in [-0.05, 0) is 28.7 Å². The van der Waals surface area contributed by atoms with E-state index in [0.29, 0.717) is 5.69 Å². The van der Waals surface area contributed by atoms with Gasteiger partial charge in [0.2, 0.25) is 0 Å². The summed E-state index contributed by atoms with van der Waals surface area (Å²) in [5.74, 6) is -1.24. The maximum Gasteiger partial charge on any atom is 0.305 e. The lowest BCUT2D eigenvalue weighted by Crippen LogP contribution is -2.31. The highest BCUT2D eigenvalue weighted by atomic mass is 16.4. The summed E-state index contributed by atoms with van der Waals surface area (Å²) >= 11 is 0. The van der Waals surface area contributed by atoms with Crippen molar-refractivity contribution in [1.82, 2.24) is 9.88 Å². The quantitative estimate of drug-likeness (QED) is 0.885. The summed E-state index contributed by atoms with van der Waals surface area (Å²) in [7, 11) is 1.78.